The van der Waals surface area contributed by atoms with Gasteiger partial charge in [0.05, 0.1) is 22.5 Å². The molecule has 0 aliphatic heterocycles. The smallest absolute Gasteiger partial charge is 0.336 e. The number of halogens is 1. The van der Waals surface area contributed by atoms with Gasteiger partial charge in [0.15, 0.2) is 0 Å². The van der Waals surface area contributed by atoms with Crippen LogP contribution in [0.2, 0.25) is 0 Å². The van der Waals surface area contributed by atoms with Crippen LogP contribution in [0.15, 0.2) is 41.1 Å². The molecule has 0 unspecified atom stereocenters. The Bertz CT molecular complexity index is 865. The zero-order chi connectivity index (χ0) is 15.0. The fourth-order valence-corrected chi connectivity index (χ4v) is 2.63. The van der Waals surface area contributed by atoms with Crippen molar-refractivity contribution in [1.29, 1.82) is 0 Å². The first kappa shape index (κ1) is 13.6. The molecule has 1 aromatic carbocycles. The summed E-state index contributed by atoms with van der Waals surface area (Å²) < 4.78 is 0.742. The van der Waals surface area contributed by atoms with Crippen molar-refractivity contribution in [3.63, 3.8) is 0 Å². The monoisotopic (exact) mass is 343 g/mol. The largest absolute Gasteiger partial charge is 0.478 e. The molecular weight excluding hydrogens is 334 g/mol. The van der Waals surface area contributed by atoms with Gasteiger partial charge < -0.3 is 5.11 Å². The minimum atomic E-state index is -0.997. The van der Waals surface area contributed by atoms with E-state index in [-0.39, 0.29) is 5.56 Å². The second-order valence-electron chi connectivity index (χ2n) is 4.49. The lowest BCUT2D eigenvalue weighted by molar-refractivity contribution is 0.0699. The lowest BCUT2D eigenvalue weighted by Crippen LogP contribution is -2.02. The van der Waals surface area contributed by atoms with E-state index >= 15 is 0 Å². The molecule has 0 bridgehead atoms. The maximum Gasteiger partial charge on any atom is 0.336 e. The van der Waals surface area contributed by atoms with Crippen LogP contribution in [-0.4, -0.2) is 26.0 Å². The molecule has 0 saturated heterocycles. The number of nitrogens with zero attached hydrogens (tertiary/aromatic N) is 3. The molecule has 2 aromatic heterocycles. The summed E-state index contributed by atoms with van der Waals surface area (Å²) in [5.74, 6) is -0.997. The number of carboxylic acid groups (broad SMARTS) is 1. The van der Waals surface area contributed by atoms with E-state index < -0.39 is 5.97 Å². The Labute approximate surface area is 128 Å². The molecule has 0 fully saturated rings. The predicted octanol–water partition coefficient (Wildman–Crippen LogP) is 3.46. The van der Waals surface area contributed by atoms with Gasteiger partial charge in [-0.25, -0.2) is 9.78 Å². The third kappa shape index (κ3) is 2.38. The molecule has 3 aromatic rings. The van der Waals surface area contributed by atoms with E-state index in [4.69, 9.17) is 0 Å². The number of hydrogen-bond donors (Lipinski definition) is 1. The topological polar surface area (TPSA) is 76.0 Å². The maximum absolute atomic E-state index is 11.5. The average Bonchev–Trinajstić information content (AvgIpc) is 2.47. The zero-order valence-corrected chi connectivity index (χ0v) is 12.6. The van der Waals surface area contributed by atoms with Gasteiger partial charge in [-0.15, -0.1) is 0 Å². The molecule has 21 heavy (non-hydrogen) atoms. The van der Waals surface area contributed by atoms with Gasteiger partial charge in [-0.2, -0.15) is 0 Å². The molecule has 3 rings (SSSR count). The van der Waals surface area contributed by atoms with Crippen LogP contribution in [0, 0.1) is 6.92 Å². The van der Waals surface area contributed by atoms with E-state index in [1.54, 1.807) is 24.5 Å². The molecule has 6 heteroatoms. The number of aromatic nitrogens is 3. The SMILES string of the molecule is Cc1nccnc1-c1cc(C(=O)O)c2cccc(Br)c2n1. The number of hydrogen-bond acceptors (Lipinski definition) is 4. The first-order valence-corrected chi connectivity index (χ1v) is 6.98. The fraction of sp³-hybridized carbons (Fsp3) is 0.0667. The molecule has 2 heterocycles. The van der Waals surface area contributed by atoms with Crippen LogP contribution >= 0.6 is 15.9 Å². The molecule has 0 spiro atoms. The number of aromatic carboxylic acids is 1. The number of para-hydroxylation sites is 1. The van der Waals surface area contributed by atoms with Crippen molar-refractivity contribution in [3.05, 3.63) is 52.4 Å². The van der Waals surface area contributed by atoms with Gasteiger partial charge in [-0.05, 0) is 35.0 Å². The molecule has 0 radical (unpaired) electrons. The maximum atomic E-state index is 11.5. The van der Waals surface area contributed by atoms with Gasteiger partial charge in [0, 0.05) is 22.3 Å². The Hall–Kier alpha value is -2.34. The van der Waals surface area contributed by atoms with Crippen molar-refractivity contribution in [2.45, 2.75) is 6.92 Å². The number of benzene rings is 1. The molecule has 0 atom stereocenters. The Kier molecular flexibility index (Phi) is 3.39. The Morgan fingerprint density at radius 3 is 2.71 bits per heavy atom. The van der Waals surface area contributed by atoms with Crippen LogP contribution in [-0.2, 0) is 0 Å². The van der Waals surface area contributed by atoms with Crippen LogP contribution in [0.5, 0.6) is 0 Å². The molecule has 0 aliphatic carbocycles. The molecule has 0 amide bonds. The zero-order valence-electron chi connectivity index (χ0n) is 11.0. The number of fused-ring (bicyclic) bond motifs is 1. The molecule has 104 valence electrons. The second-order valence-corrected chi connectivity index (χ2v) is 5.34. The standard InChI is InChI=1S/C15H10BrN3O2/c1-8-13(18-6-5-17-8)12-7-10(15(20)21)9-3-2-4-11(16)14(9)19-12/h2-7H,1H3,(H,20,21). The highest BCUT2D eigenvalue weighted by molar-refractivity contribution is 9.10. The van der Waals surface area contributed by atoms with E-state index in [1.165, 1.54) is 6.07 Å². The highest BCUT2D eigenvalue weighted by atomic mass is 79.9. The summed E-state index contributed by atoms with van der Waals surface area (Å²) in [6.45, 7) is 1.81. The highest BCUT2D eigenvalue weighted by Gasteiger charge is 2.16. The van der Waals surface area contributed by atoms with Crippen LogP contribution in [0.1, 0.15) is 16.1 Å². The Morgan fingerprint density at radius 1 is 1.24 bits per heavy atom. The van der Waals surface area contributed by atoms with Gasteiger partial charge in [0.1, 0.15) is 5.69 Å². The van der Waals surface area contributed by atoms with Crippen molar-refractivity contribution in [3.8, 4) is 11.4 Å². The van der Waals surface area contributed by atoms with E-state index in [0.717, 1.165) is 4.47 Å². The van der Waals surface area contributed by atoms with Gasteiger partial charge in [0.25, 0.3) is 0 Å². The number of rotatable bonds is 2. The summed E-state index contributed by atoms with van der Waals surface area (Å²) in [7, 11) is 0. The van der Waals surface area contributed by atoms with E-state index in [1.807, 2.05) is 13.0 Å². The van der Waals surface area contributed by atoms with Crippen LogP contribution < -0.4 is 0 Å². The minimum Gasteiger partial charge on any atom is -0.478 e. The van der Waals surface area contributed by atoms with Crippen molar-refractivity contribution in [2.75, 3.05) is 0 Å². The first-order valence-electron chi connectivity index (χ1n) is 6.18. The average molecular weight is 344 g/mol. The minimum absolute atomic E-state index is 0.196. The van der Waals surface area contributed by atoms with Gasteiger partial charge >= 0.3 is 5.97 Å². The van der Waals surface area contributed by atoms with Crippen molar-refractivity contribution >= 4 is 32.8 Å². The van der Waals surface area contributed by atoms with Crippen molar-refractivity contribution in [2.24, 2.45) is 0 Å². The fourth-order valence-electron chi connectivity index (χ4n) is 2.17. The quantitative estimate of drug-likeness (QED) is 0.770. The number of aryl methyl sites for hydroxylation is 1. The van der Waals surface area contributed by atoms with E-state index in [2.05, 4.69) is 30.9 Å². The molecule has 1 N–H and O–H groups in total. The summed E-state index contributed by atoms with van der Waals surface area (Å²) in [5, 5.41) is 10.0. The summed E-state index contributed by atoms with van der Waals surface area (Å²) in [5.41, 5.74) is 2.57. The van der Waals surface area contributed by atoms with Gasteiger partial charge in [0.2, 0.25) is 0 Å². The third-order valence-electron chi connectivity index (χ3n) is 3.14. The van der Waals surface area contributed by atoms with Crippen molar-refractivity contribution in [1.82, 2.24) is 15.0 Å². The Balaban J connectivity index is 2.38. The molecular formula is C15H10BrN3O2. The summed E-state index contributed by atoms with van der Waals surface area (Å²) in [6, 6.07) is 6.89. The number of pyridine rings is 1. The first-order chi connectivity index (χ1) is 10.1. The predicted molar refractivity (Wildman–Crippen MR) is 82.2 cm³/mol. The molecule has 0 saturated carbocycles. The second kappa shape index (κ2) is 5.21. The normalized spacial score (nSPS) is 10.8. The molecule has 0 aliphatic rings. The third-order valence-corrected chi connectivity index (χ3v) is 3.78. The van der Waals surface area contributed by atoms with E-state index in [9.17, 15) is 9.90 Å². The lowest BCUT2D eigenvalue weighted by Gasteiger charge is -2.08. The lowest BCUT2D eigenvalue weighted by atomic mass is 10.1. The number of carboxylic acids is 1. The summed E-state index contributed by atoms with van der Waals surface area (Å²) >= 11 is 3.41. The van der Waals surface area contributed by atoms with Crippen molar-refractivity contribution < 1.29 is 9.90 Å². The van der Waals surface area contributed by atoms with Gasteiger partial charge in [-0.3, -0.25) is 9.97 Å². The van der Waals surface area contributed by atoms with Crippen LogP contribution in [0.25, 0.3) is 22.3 Å². The summed E-state index contributed by atoms with van der Waals surface area (Å²) in [6.07, 6.45) is 3.16. The number of carbonyl (C=O) groups is 1. The Morgan fingerprint density at radius 2 is 2.00 bits per heavy atom. The summed E-state index contributed by atoms with van der Waals surface area (Å²) in [4.78, 5) is 24.5. The molecule has 5 nitrogen and oxygen atoms in total. The van der Waals surface area contributed by atoms with Crippen LogP contribution in [0.3, 0.4) is 0 Å². The highest BCUT2D eigenvalue weighted by Crippen LogP contribution is 2.29. The van der Waals surface area contributed by atoms with E-state index in [0.29, 0.717) is 28.0 Å². The van der Waals surface area contributed by atoms with Gasteiger partial charge in [-0.1, -0.05) is 12.1 Å². The van der Waals surface area contributed by atoms with Crippen LogP contribution in [0.4, 0.5) is 0 Å².